The van der Waals surface area contributed by atoms with E-state index in [1.807, 2.05) is 6.20 Å². The number of piperidine rings is 1. The van der Waals surface area contributed by atoms with Crippen LogP contribution >= 0.6 is 27.3 Å². The molecule has 2 atom stereocenters. The Morgan fingerprint density at radius 2 is 2.54 bits per heavy atom. The number of fused-ring (bicyclic) bond motifs is 1. The number of rotatable bonds is 1. The first-order valence-corrected chi connectivity index (χ1v) is 6.33. The highest BCUT2D eigenvalue weighted by molar-refractivity contribution is 9.11. The van der Waals surface area contributed by atoms with E-state index in [1.165, 1.54) is 30.9 Å². The van der Waals surface area contributed by atoms with E-state index in [2.05, 4.69) is 25.8 Å². The van der Waals surface area contributed by atoms with Crippen molar-refractivity contribution < 1.29 is 0 Å². The third-order valence-corrected chi connectivity index (χ3v) is 4.48. The lowest BCUT2D eigenvalue weighted by Gasteiger charge is -2.25. The summed E-state index contributed by atoms with van der Waals surface area (Å²) in [5.41, 5.74) is 0. The molecule has 2 aliphatic rings. The SMILES string of the molecule is Brc1cnc(N2CCCC3CC32)s1. The summed E-state index contributed by atoms with van der Waals surface area (Å²) < 4.78 is 1.14. The van der Waals surface area contributed by atoms with E-state index < -0.39 is 0 Å². The maximum Gasteiger partial charge on any atom is 0.186 e. The van der Waals surface area contributed by atoms with Gasteiger partial charge in [-0.2, -0.15) is 0 Å². The molecule has 1 aromatic rings. The maximum absolute atomic E-state index is 4.41. The van der Waals surface area contributed by atoms with Crippen molar-refractivity contribution >= 4 is 32.4 Å². The van der Waals surface area contributed by atoms with Crippen molar-refractivity contribution in [3.05, 3.63) is 9.98 Å². The highest BCUT2D eigenvalue weighted by atomic mass is 79.9. The van der Waals surface area contributed by atoms with Crippen LogP contribution in [0, 0.1) is 5.92 Å². The third-order valence-electron chi connectivity index (χ3n) is 2.97. The van der Waals surface area contributed by atoms with Crippen LogP contribution in [0.15, 0.2) is 9.98 Å². The second kappa shape index (κ2) is 2.95. The lowest BCUT2D eigenvalue weighted by molar-refractivity contribution is 0.558. The Kier molecular flexibility index (Phi) is 1.87. The molecule has 4 heteroatoms. The van der Waals surface area contributed by atoms with E-state index in [9.17, 15) is 0 Å². The molecule has 0 N–H and O–H groups in total. The molecular weight excluding hydrogens is 248 g/mol. The molecule has 0 radical (unpaired) electrons. The van der Waals surface area contributed by atoms with Gasteiger partial charge < -0.3 is 4.90 Å². The third kappa shape index (κ3) is 1.40. The van der Waals surface area contributed by atoms with Gasteiger partial charge >= 0.3 is 0 Å². The Hall–Kier alpha value is -0.0900. The molecule has 2 unspecified atom stereocenters. The summed E-state index contributed by atoms with van der Waals surface area (Å²) in [7, 11) is 0. The predicted molar refractivity (Wildman–Crippen MR) is 58.3 cm³/mol. The summed E-state index contributed by atoms with van der Waals surface area (Å²) in [4.78, 5) is 6.90. The van der Waals surface area contributed by atoms with E-state index in [4.69, 9.17) is 0 Å². The molecule has 2 nitrogen and oxygen atoms in total. The van der Waals surface area contributed by atoms with Gasteiger partial charge in [0.15, 0.2) is 5.13 Å². The van der Waals surface area contributed by atoms with Crippen molar-refractivity contribution in [1.29, 1.82) is 0 Å². The van der Waals surface area contributed by atoms with Crippen LogP contribution in [-0.4, -0.2) is 17.6 Å². The lowest BCUT2D eigenvalue weighted by atomic mass is 10.1. The van der Waals surface area contributed by atoms with Crippen LogP contribution in [-0.2, 0) is 0 Å². The Morgan fingerprint density at radius 1 is 1.62 bits per heavy atom. The van der Waals surface area contributed by atoms with Gasteiger partial charge in [0.2, 0.25) is 0 Å². The van der Waals surface area contributed by atoms with Gasteiger partial charge in [0, 0.05) is 12.6 Å². The number of halogens is 1. The Bertz CT molecular complexity index is 325. The summed E-state index contributed by atoms with van der Waals surface area (Å²) in [6, 6.07) is 0.826. The molecule has 0 aromatic carbocycles. The highest BCUT2D eigenvalue weighted by Crippen LogP contribution is 2.46. The average Bonchev–Trinajstić information content (AvgIpc) is 2.81. The highest BCUT2D eigenvalue weighted by Gasteiger charge is 2.44. The number of anilines is 1. The number of nitrogens with zero attached hydrogens (tertiary/aromatic N) is 2. The standard InChI is InChI=1S/C9H11BrN2S/c10-8-5-11-9(13-8)12-3-1-2-6-4-7(6)12/h5-7H,1-4H2. The minimum Gasteiger partial charge on any atom is -0.345 e. The summed E-state index contributed by atoms with van der Waals surface area (Å²) in [5, 5.41) is 1.21. The maximum atomic E-state index is 4.41. The van der Waals surface area contributed by atoms with E-state index in [-0.39, 0.29) is 0 Å². The van der Waals surface area contributed by atoms with Crippen molar-refractivity contribution in [2.45, 2.75) is 25.3 Å². The van der Waals surface area contributed by atoms with Crippen molar-refractivity contribution in [3.8, 4) is 0 Å². The Morgan fingerprint density at radius 3 is 3.31 bits per heavy atom. The fourth-order valence-corrected chi connectivity index (χ4v) is 3.50. The van der Waals surface area contributed by atoms with Crippen LogP contribution < -0.4 is 4.90 Å². The summed E-state index contributed by atoms with van der Waals surface area (Å²) in [5.74, 6) is 0.983. The first-order chi connectivity index (χ1) is 6.34. The molecule has 1 aliphatic heterocycles. The van der Waals surface area contributed by atoms with Crippen LogP contribution in [0.3, 0.4) is 0 Å². The molecule has 0 bridgehead atoms. The van der Waals surface area contributed by atoms with Gasteiger partial charge in [-0.1, -0.05) is 11.3 Å². The van der Waals surface area contributed by atoms with Gasteiger partial charge in [-0.15, -0.1) is 0 Å². The van der Waals surface area contributed by atoms with Gasteiger partial charge in [-0.25, -0.2) is 4.98 Å². The van der Waals surface area contributed by atoms with Crippen molar-refractivity contribution in [2.75, 3.05) is 11.4 Å². The Labute approximate surface area is 90.1 Å². The van der Waals surface area contributed by atoms with Gasteiger partial charge in [-0.3, -0.25) is 0 Å². The summed E-state index contributed by atoms with van der Waals surface area (Å²) in [6.07, 6.45) is 6.09. The zero-order valence-electron chi connectivity index (χ0n) is 7.24. The van der Waals surface area contributed by atoms with Crippen LogP contribution in [0.4, 0.5) is 5.13 Å². The molecule has 13 heavy (non-hydrogen) atoms. The quantitative estimate of drug-likeness (QED) is 0.770. The van der Waals surface area contributed by atoms with Crippen LogP contribution in [0.2, 0.25) is 0 Å². The van der Waals surface area contributed by atoms with E-state index in [1.54, 1.807) is 11.3 Å². The monoisotopic (exact) mass is 258 g/mol. The number of thiazole rings is 1. The normalized spacial score (nSPS) is 31.6. The molecule has 1 aliphatic carbocycles. The zero-order valence-corrected chi connectivity index (χ0v) is 9.64. The second-order valence-corrected chi connectivity index (χ2v) is 6.23. The second-order valence-electron chi connectivity index (χ2n) is 3.85. The van der Waals surface area contributed by atoms with E-state index in [0.717, 1.165) is 15.7 Å². The Balaban J connectivity index is 1.84. The summed E-state index contributed by atoms with van der Waals surface area (Å²) >= 11 is 5.22. The molecule has 1 aromatic heterocycles. The minimum atomic E-state index is 0.826. The molecule has 3 rings (SSSR count). The first kappa shape index (κ1) is 8.24. The fraction of sp³-hybridized carbons (Fsp3) is 0.667. The molecular formula is C9H11BrN2S. The molecule has 1 saturated carbocycles. The number of aromatic nitrogens is 1. The fourth-order valence-electron chi connectivity index (χ4n) is 2.23. The van der Waals surface area contributed by atoms with Gasteiger partial charge in [-0.05, 0) is 41.1 Å². The molecule has 70 valence electrons. The molecule has 0 spiro atoms. The number of hydrogen-bond acceptors (Lipinski definition) is 3. The molecule has 2 heterocycles. The van der Waals surface area contributed by atoms with Crippen molar-refractivity contribution in [1.82, 2.24) is 4.98 Å². The lowest BCUT2D eigenvalue weighted by Crippen LogP contribution is -2.31. The molecule has 1 saturated heterocycles. The average molecular weight is 259 g/mol. The topological polar surface area (TPSA) is 16.1 Å². The summed E-state index contributed by atoms with van der Waals surface area (Å²) in [6.45, 7) is 1.21. The van der Waals surface area contributed by atoms with Gasteiger partial charge in [0.05, 0.1) is 9.98 Å². The van der Waals surface area contributed by atoms with Gasteiger partial charge in [0.25, 0.3) is 0 Å². The predicted octanol–water partition coefficient (Wildman–Crippen LogP) is 2.89. The molecule has 2 fully saturated rings. The first-order valence-electron chi connectivity index (χ1n) is 4.72. The number of hydrogen-bond donors (Lipinski definition) is 0. The minimum absolute atomic E-state index is 0.826. The van der Waals surface area contributed by atoms with E-state index >= 15 is 0 Å². The van der Waals surface area contributed by atoms with Crippen LogP contribution in [0.25, 0.3) is 0 Å². The van der Waals surface area contributed by atoms with Crippen molar-refractivity contribution in [3.63, 3.8) is 0 Å². The van der Waals surface area contributed by atoms with Crippen LogP contribution in [0.1, 0.15) is 19.3 Å². The zero-order chi connectivity index (χ0) is 8.84. The molecule has 0 amide bonds. The van der Waals surface area contributed by atoms with Crippen molar-refractivity contribution in [2.24, 2.45) is 5.92 Å². The van der Waals surface area contributed by atoms with Crippen LogP contribution in [0.5, 0.6) is 0 Å². The van der Waals surface area contributed by atoms with Gasteiger partial charge in [0.1, 0.15) is 0 Å². The van der Waals surface area contributed by atoms with E-state index in [0.29, 0.717) is 0 Å². The smallest absolute Gasteiger partial charge is 0.186 e. The largest absolute Gasteiger partial charge is 0.345 e.